The maximum absolute atomic E-state index is 13.5. The van der Waals surface area contributed by atoms with E-state index in [1.165, 1.54) is 6.07 Å². The SMILES string of the molecule is CCC(CO)(CO)Nc1c(N)ccc(F)c1F. The van der Waals surface area contributed by atoms with E-state index in [1.54, 1.807) is 6.92 Å². The van der Waals surface area contributed by atoms with Gasteiger partial charge in [0.25, 0.3) is 0 Å². The largest absolute Gasteiger partial charge is 0.397 e. The van der Waals surface area contributed by atoms with E-state index >= 15 is 0 Å². The number of hydrogen-bond acceptors (Lipinski definition) is 4. The number of halogens is 2. The van der Waals surface area contributed by atoms with Crippen LogP contribution in [0, 0.1) is 11.6 Å². The summed E-state index contributed by atoms with van der Waals surface area (Å²) < 4.78 is 26.6. The summed E-state index contributed by atoms with van der Waals surface area (Å²) in [6, 6.07) is 2.14. The van der Waals surface area contributed by atoms with Gasteiger partial charge in [-0.05, 0) is 18.6 Å². The van der Waals surface area contributed by atoms with E-state index in [4.69, 9.17) is 5.73 Å². The lowest BCUT2D eigenvalue weighted by atomic mass is 9.97. The maximum atomic E-state index is 13.5. The Bertz CT molecular complexity index is 387. The molecular formula is C11H16F2N2O2. The van der Waals surface area contributed by atoms with Crippen LogP contribution < -0.4 is 11.1 Å². The summed E-state index contributed by atoms with van der Waals surface area (Å²) in [5, 5.41) is 21.0. The van der Waals surface area contributed by atoms with Crippen molar-refractivity contribution in [2.75, 3.05) is 24.3 Å². The van der Waals surface area contributed by atoms with E-state index in [1.807, 2.05) is 0 Å². The number of nitrogen functional groups attached to an aromatic ring is 1. The van der Waals surface area contributed by atoms with Gasteiger partial charge in [0.15, 0.2) is 11.6 Å². The molecule has 0 atom stereocenters. The molecule has 17 heavy (non-hydrogen) atoms. The zero-order valence-corrected chi connectivity index (χ0v) is 9.50. The molecule has 0 radical (unpaired) electrons. The van der Waals surface area contributed by atoms with Crippen LogP contribution in [0.3, 0.4) is 0 Å². The molecule has 4 nitrogen and oxygen atoms in total. The first-order valence-electron chi connectivity index (χ1n) is 5.23. The molecule has 0 spiro atoms. The summed E-state index contributed by atoms with van der Waals surface area (Å²) in [6.45, 7) is 0.859. The Kier molecular flexibility index (Phi) is 4.25. The van der Waals surface area contributed by atoms with E-state index in [9.17, 15) is 19.0 Å². The molecular weight excluding hydrogens is 230 g/mol. The van der Waals surface area contributed by atoms with E-state index in [0.717, 1.165) is 6.07 Å². The lowest BCUT2D eigenvalue weighted by Crippen LogP contribution is -2.45. The zero-order chi connectivity index (χ0) is 13.1. The highest BCUT2D eigenvalue weighted by atomic mass is 19.2. The number of benzene rings is 1. The number of nitrogens with two attached hydrogens (primary N) is 1. The van der Waals surface area contributed by atoms with Gasteiger partial charge in [-0.3, -0.25) is 0 Å². The van der Waals surface area contributed by atoms with E-state index < -0.39 is 30.4 Å². The Morgan fingerprint density at radius 2 is 1.88 bits per heavy atom. The third-order valence-corrected chi connectivity index (χ3v) is 2.80. The van der Waals surface area contributed by atoms with Crippen molar-refractivity contribution >= 4 is 11.4 Å². The molecule has 0 saturated carbocycles. The molecule has 5 N–H and O–H groups in total. The second kappa shape index (κ2) is 5.29. The summed E-state index contributed by atoms with van der Waals surface area (Å²) in [5.41, 5.74) is 4.18. The van der Waals surface area contributed by atoms with Crippen LogP contribution >= 0.6 is 0 Å². The number of anilines is 2. The van der Waals surface area contributed by atoms with Crippen molar-refractivity contribution in [3.63, 3.8) is 0 Å². The number of aliphatic hydroxyl groups is 2. The van der Waals surface area contributed by atoms with Crippen LogP contribution in [0.15, 0.2) is 12.1 Å². The Labute approximate surface area is 98.1 Å². The summed E-state index contributed by atoms with van der Waals surface area (Å²) in [7, 11) is 0. The molecule has 1 rings (SSSR count). The van der Waals surface area contributed by atoms with Gasteiger partial charge in [0.2, 0.25) is 0 Å². The molecule has 0 amide bonds. The molecule has 0 aliphatic heterocycles. The quantitative estimate of drug-likeness (QED) is 0.586. The lowest BCUT2D eigenvalue weighted by molar-refractivity contribution is 0.132. The predicted octanol–water partition coefficient (Wildman–Crippen LogP) is 1.09. The topological polar surface area (TPSA) is 78.5 Å². The Hall–Kier alpha value is -1.40. The highest BCUT2D eigenvalue weighted by molar-refractivity contribution is 5.67. The zero-order valence-electron chi connectivity index (χ0n) is 9.50. The summed E-state index contributed by atoms with van der Waals surface area (Å²) >= 11 is 0. The first-order valence-corrected chi connectivity index (χ1v) is 5.23. The summed E-state index contributed by atoms with van der Waals surface area (Å²) in [5.74, 6) is -2.16. The van der Waals surface area contributed by atoms with Crippen LogP contribution in [-0.4, -0.2) is 29.0 Å². The molecule has 0 aliphatic carbocycles. The first-order chi connectivity index (χ1) is 7.99. The number of nitrogens with one attached hydrogen (secondary N) is 1. The van der Waals surface area contributed by atoms with Gasteiger partial charge in [-0.1, -0.05) is 6.92 Å². The highest BCUT2D eigenvalue weighted by Gasteiger charge is 2.28. The van der Waals surface area contributed by atoms with Crippen molar-refractivity contribution in [1.82, 2.24) is 0 Å². The third-order valence-electron chi connectivity index (χ3n) is 2.80. The fourth-order valence-electron chi connectivity index (χ4n) is 1.40. The predicted molar refractivity (Wildman–Crippen MR) is 61.6 cm³/mol. The molecule has 0 bridgehead atoms. The van der Waals surface area contributed by atoms with Gasteiger partial charge in [0.1, 0.15) is 0 Å². The van der Waals surface area contributed by atoms with Gasteiger partial charge in [-0.15, -0.1) is 0 Å². The van der Waals surface area contributed by atoms with Crippen molar-refractivity contribution < 1.29 is 19.0 Å². The fourth-order valence-corrected chi connectivity index (χ4v) is 1.40. The molecule has 0 aliphatic rings. The van der Waals surface area contributed by atoms with Crippen LogP contribution in [0.5, 0.6) is 0 Å². The smallest absolute Gasteiger partial charge is 0.183 e. The molecule has 6 heteroatoms. The van der Waals surface area contributed by atoms with Crippen molar-refractivity contribution in [3.05, 3.63) is 23.8 Å². The highest BCUT2D eigenvalue weighted by Crippen LogP contribution is 2.28. The van der Waals surface area contributed by atoms with E-state index in [-0.39, 0.29) is 11.4 Å². The van der Waals surface area contributed by atoms with Gasteiger partial charge in [0, 0.05) is 0 Å². The normalized spacial score (nSPS) is 11.6. The van der Waals surface area contributed by atoms with Crippen molar-refractivity contribution in [1.29, 1.82) is 0 Å². The summed E-state index contributed by atoms with van der Waals surface area (Å²) in [4.78, 5) is 0. The van der Waals surface area contributed by atoms with Gasteiger partial charge >= 0.3 is 0 Å². The minimum atomic E-state index is -1.12. The van der Waals surface area contributed by atoms with E-state index in [0.29, 0.717) is 6.42 Å². The number of rotatable bonds is 5. The second-order valence-electron chi connectivity index (χ2n) is 3.90. The van der Waals surface area contributed by atoms with Gasteiger partial charge in [-0.25, -0.2) is 8.78 Å². The molecule has 0 saturated heterocycles. The van der Waals surface area contributed by atoms with Crippen LogP contribution in [0.1, 0.15) is 13.3 Å². The van der Waals surface area contributed by atoms with Crippen LogP contribution in [0.2, 0.25) is 0 Å². The Balaban J connectivity index is 3.13. The van der Waals surface area contributed by atoms with Crippen LogP contribution in [-0.2, 0) is 0 Å². The monoisotopic (exact) mass is 246 g/mol. The van der Waals surface area contributed by atoms with Gasteiger partial charge < -0.3 is 21.3 Å². The molecule has 1 aromatic rings. The van der Waals surface area contributed by atoms with Crippen LogP contribution in [0.25, 0.3) is 0 Å². The standard InChI is InChI=1S/C11H16F2N2O2/c1-2-11(5-16,6-17)15-10-8(14)4-3-7(12)9(10)13/h3-4,15-17H,2,5-6,14H2,1H3. The Morgan fingerprint density at radius 3 is 2.35 bits per heavy atom. The minimum absolute atomic E-state index is 0.0172. The van der Waals surface area contributed by atoms with Crippen LogP contribution in [0.4, 0.5) is 20.2 Å². The average Bonchev–Trinajstić information content (AvgIpc) is 2.36. The molecule has 96 valence electrons. The lowest BCUT2D eigenvalue weighted by Gasteiger charge is -2.31. The molecule has 0 unspecified atom stereocenters. The molecule has 1 aromatic carbocycles. The van der Waals surface area contributed by atoms with Gasteiger partial charge in [0.05, 0.1) is 30.1 Å². The molecule has 0 heterocycles. The van der Waals surface area contributed by atoms with E-state index in [2.05, 4.69) is 5.32 Å². The number of hydrogen-bond donors (Lipinski definition) is 4. The maximum Gasteiger partial charge on any atom is 0.183 e. The van der Waals surface area contributed by atoms with Crippen molar-refractivity contribution in [2.45, 2.75) is 18.9 Å². The Morgan fingerprint density at radius 1 is 1.29 bits per heavy atom. The van der Waals surface area contributed by atoms with Crippen molar-refractivity contribution in [2.24, 2.45) is 0 Å². The minimum Gasteiger partial charge on any atom is -0.397 e. The fraction of sp³-hybridized carbons (Fsp3) is 0.455. The second-order valence-corrected chi connectivity index (χ2v) is 3.90. The summed E-state index contributed by atoms with van der Waals surface area (Å²) in [6.07, 6.45) is 0.329. The number of aliphatic hydroxyl groups excluding tert-OH is 2. The molecule has 0 fully saturated rings. The van der Waals surface area contributed by atoms with Gasteiger partial charge in [-0.2, -0.15) is 0 Å². The first kappa shape index (κ1) is 13.7. The third kappa shape index (κ3) is 2.65. The van der Waals surface area contributed by atoms with Crippen molar-refractivity contribution in [3.8, 4) is 0 Å². The molecule has 0 aromatic heterocycles. The average molecular weight is 246 g/mol.